The summed E-state index contributed by atoms with van der Waals surface area (Å²) in [6, 6.07) is 27.4. The molecule has 0 aliphatic heterocycles. The molecule has 0 aromatic heterocycles. The standard InChI is InChI=1S/C44H32N6O14S2/c51-37(52)17-23-1-9-29(10-2-23)47-49-39-35(65(59,60)61)21-27-19-31(13-15-33(27)41(39)55)45-43(57)25-5-7-26(8-6-25)44(58)46-32-14-16-34-28(20-32)22-36(66(62,63)64)40(42(34)56)50-48-30-11-3-24(4-12-30)18-38(53)54/h1-16,19-22,55-56H,17-18H2,(H,45,57)(H,46,58)(H,51,52)(H,53,54)(H,59,60,61)(H,62,63,64). The average molecular weight is 933 g/mol. The summed E-state index contributed by atoms with van der Waals surface area (Å²) >= 11 is 0. The molecule has 0 heterocycles. The molecule has 20 nitrogen and oxygen atoms in total. The molecule has 334 valence electrons. The number of benzene rings is 7. The number of carbonyl (C=O) groups is 4. The minimum Gasteiger partial charge on any atom is -0.505 e. The van der Waals surface area contributed by atoms with Crippen LogP contribution in [-0.2, 0) is 42.7 Å². The van der Waals surface area contributed by atoms with E-state index in [2.05, 4.69) is 31.1 Å². The lowest BCUT2D eigenvalue weighted by atomic mass is 10.1. The van der Waals surface area contributed by atoms with Crippen molar-refractivity contribution in [3.63, 3.8) is 0 Å². The Morgan fingerprint density at radius 2 is 0.818 bits per heavy atom. The van der Waals surface area contributed by atoms with Crippen LogP contribution >= 0.6 is 0 Å². The fourth-order valence-electron chi connectivity index (χ4n) is 6.55. The monoisotopic (exact) mass is 932 g/mol. The molecule has 0 fully saturated rings. The summed E-state index contributed by atoms with van der Waals surface area (Å²) in [5, 5.41) is 61.2. The highest BCUT2D eigenvalue weighted by molar-refractivity contribution is 7.86. The quantitative estimate of drug-likeness (QED) is 0.0374. The second-order valence-electron chi connectivity index (χ2n) is 14.3. The predicted molar refractivity (Wildman–Crippen MR) is 237 cm³/mol. The van der Waals surface area contributed by atoms with E-state index in [9.17, 15) is 55.3 Å². The van der Waals surface area contributed by atoms with Crippen LogP contribution in [0.3, 0.4) is 0 Å². The van der Waals surface area contributed by atoms with Gasteiger partial charge in [0.15, 0.2) is 11.5 Å². The second kappa shape index (κ2) is 18.3. The van der Waals surface area contributed by atoms with Crippen LogP contribution in [0.4, 0.5) is 34.1 Å². The smallest absolute Gasteiger partial charge is 0.307 e. The van der Waals surface area contributed by atoms with E-state index in [1.165, 1.54) is 109 Å². The number of aromatic hydroxyl groups is 2. The van der Waals surface area contributed by atoms with Gasteiger partial charge in [-0.2, -0.15) is 27.1 Å². The molecule has 0 spiro atoms. The average Bonchev–Trinajstić information content (AvgIpc) is 3.25. The van der Waals surface area contributed by atoms with Crippen molar-refractivity contribution < 1.29 is 65.5 Å². The third-order valence-electron chi connectivity index (χ3n) is 9.70. The molecule has 0 atom stereocenters. The van der Waals surface area contributed by atoms with E-state index >= 15 is 0 Å². The number of hydrogen-bond acceptors (Lipinski definition) is 14. The van der Waals surface area contributed by atoms with Crippen molar-refractivity contribution in [1.29, 1.82) is 0 Å². The molecule has 0 aliphatic rings. The third kappa shape index (κ3) is 10.5. The van der Waals surface area contributed by atoms with Crippen molar-refractivity contribution in [1.82, 2.24) is 0 Å². The second-order valence-corrected chi connectivity index (χ2v) is 17.1. The van der Waals surface area contributed by atoms with E-state index in [4.69, 9.17) is 10.2 Å². The number of hydrogen-bond donors (Lipinski definition) is 8. The zero-order chi connectivity index (χ0) is 47.5. The fraction of sp³-hybridized carbons (Fsp3) is 0.0455. The number of carboxylic acid groups (broad SMARTS) is 2. The molecular weight excluding hydrogens is 901 g/mol. The van der Waals surface area contributed by atoms with Crippen LogP contribution in [-0.4, -0.2) is 70.1 Å². The van der Waals surface area contributed by atoms with Crippen molar-refractivity contribution in [2.75, 3.05) is 10.6 Å². The van der Waals surface area contributed by atoms with E-state index in [1.54, 1.807) is 0 Å². The minimum atomic E-state index is -4.97. The molecule has 0 radical (unpaired) electrons. The van der Waals surface area contributed by atoms with Crippen molar-refractivity contribution in [3.8, 4) is 11.5 Å². The molecule has 22 heteroatoms. The molecule has 0 aliphatic carbocycles. The summed E-state index contributed by atoms with van der Waals surface area (Å²) in [4.78, 5) is 46.8. The van der Waals surface area contributed by atoms with Crippen LogP contribution in [0.1, 0.15) is 31.8 Å². The Hall–Kier alpha value is -8.44. The lowest BCUT2D eigenvalue weighted by Gasteiger charge is -2.12. The Morgan fingerprint density at radius 1 is 0.470 bits per heavy atom. The summed E-state index contributed by atoms with van der Waals surface area (Å²) < 4.78 is 69.5. The molecular formula is C44H32N6O14S2. The number of phenolic OH excluding ortho intramolecular Hbond substituents is 2. The number of nitrogens with zero attached hydrogens (tertiary/aromatic N) is 4. The molecule has 7 rings (SSSR count). The molecule has 0 unspecified atom stereocenters. The summed E-state index contributed by atoms with van der Waals surface area (Å²) in [7, 11) is -9.95. The summed E-state index contributed by atoms with van der Waals surface area (Å²) in [6.07, 6.45) is -0.471. The Bertz CT molecular complexity index is 3190. The van der Waals surface area contributed by atoms with E-state index in [0.29, 0.717) is 11.1 Å². The van der Waals surface area contributed by atoms with E-state index in [-0.39, 0.29) is 68.3 Å². The van der Waals surface area contributed by atoms with Gasteiger partial charge in [-0.3, -0.25) is 28.3 Å². The van der Waals surface area contributed by atoms with Gasteiger partial charge in [-0.1, -0.05) is 24.3 Å². The predicted octanol–water partition coefficient (Wildman–Crippen LogP) is 8.49. The summed E-state index contributed by atoms with van der Waals surface area (Å²) in [6.45, 7) is 0. The van der Waals surface area contributed by atoms with Crippen LogP contribution in [0.15, 0.2) is 152 Å². The number of carboxylic acids is 2. The summed E-state index contributed by atoms with van der Waals surface area (Å²) in [5.41, 5.74) is 0.720. The Kier molecular flexibility index (Phi) is 12.7. The van der Waals surface area contributed by atoms with Crippen LogP contribution in [0.5, 0.6) is 11.5 Å². The van der Waals surface area contributed by atoms with Gasteiger partial charge >= 0.3 is 11.9 Å². The highest BCUT2D eigenvalue weighted by Gasteiger charge is 2.24. The molecule has 0 bridgehead atoms. The SMILES string of the molecule is O=C(O)Cc1ccc(N=Nc2c(S(=O)(=O)O)cc3cc(NC(=O)c4ccc(C(=O)Nc5ccc6c(O)c(N=Nc7ccc(CC(=O)O)cc7)c(S(=O)(=O)O)cc6c5)cc4)ccc3c2O)cc1. The van der Waals surface area contributed by atoms with Gasteiger partial charge in [0.25, 0.3) is 32.1 Å². The first-order chi connectivity index (χ1) is 31.2. The maximum absolute atomic E-state index is 13.2. The molecule has 0 saturated heterocycles. The molecule has 0 saturated carbocycles. The summed E-state index contributed by atoms with van der Waals surface area (Å²) in [5.74, 6) is -4.65. The lowest BCUT2D eigenvalue weighted by molar-refractivity contribution is -0.137. The van der Waals surface area contributed by atoms with E-state index < -0.39 is 76.7 Å². The first-order valence-corrected chi connectivity index (χ1v) is 21.8. The highest BCUT2D eigenvalue weighted by atomic mass is 32.2. The maximum Gasteiger partial charge on any atom is 0.307 e. The van der Waals surface area contributed by atoms with Crippen molar-refractivity contribution in [2.45, 2.75) is 22.6 Å². The number of aliphatic carboxylic acids is 2. The van der Waals surface area contributed by atoms with Gasteiger partial charge in [0.2, 0.25) is 0 Å². The molecule has 2 amide bonds. The molecule has 8 N–H and O–H groups in total. The Morgan fingerprint density at radius 3 is 1.14 bits per heavy atom. The van der Waals surface area contributed by atoms with E-state index in [0.717, 1.165) is 12.1 Å². The number of anilines is 2. The topological polar surface area (TPSA) is 331 Å². The van der Waals surface area contributed by atoms with Gasteiger partial charge in [0.1, 0.15) is 21.2 Å². The fourth-order valence-corrected chi connectivity index (χ4v) is 7.87. The lowest BCUT2D eigenvalue weighted by Crippen LogP contribution is -2.14. The van der Waals surface area contributed by atoms with Gasteiger partial charge < -0.3 is 31.1 Å². The van der Waals surface area contributed by atoms with Crippen LogP contribution in [0.25, 0.3) is 21.5 Å². The van der Waals surface area contributed by atoms with Crippen molar-refractivity contribution in [2.24, 2.45) is 20.5 Å². The molecule has 66 heavy (non-hydrogen) atoms. The number of amides is 2. The van der Waals surface area contributed by atoms with Gasteiger partial charge in [0.05, 0.1) is 24.2 Å². The number of fused-ring (bicyclic) bond motifs is 2. The number of phenols is 2. The number of nitrogens with one attached hydrogen (secondary N) is 2. The normalized spacial score (nSPS) is 11.9. The zero-order valence-corrected chi connectivity index (χ0v) is 35.1. The molecule has 7 aromatic carbocycles. The van der Waals surface area contributed by atoms with Crippen LogP contribution in [0, 0.1) is 0 Å². The largest absolute Gasteiger partial charge is 0.505 e. The number of azo groups is 2. The van der Waals surface area contributed by atoms with Gasteiger partial charge in [-0.25, -0.2) is 0 Å². The Balaban J connectivity index is 1.05. The number of carbonyl (C=O) groups excluding carboxylic acids is 2. The van der Waals surface area contributed by atoms with Crippen molar-refractivity contribution >= 4 is 99.7 Å². The van der Waals surface area contributed by atoms with Gasteiger partial charge in [-0.05, 0) is 119 Å². The minimum absolute atomic E-state index is 0.0876. The maximum atomic E-state index is 13.2. The zero-order valence-electron chi connectivity index (χ0n) is 33.5. The third-order valence-corrected chi connectivity index (χ3v) is 11.4. The molecule has 7 aromatic rings. The van der Waals surface area contributed by atoms with E-state index in [1.807, 2.05) is 0 Å². The van der Waals surface area contributed by atoms with Crippen LogP contribution in [0.2, 0.25) is 0 Å². The van der Waals surface area contributed by atoms with Gasteiger partial charge in [0, 0.05) is 33.3 Å². The van der Waals surface area contributed by atoms with Gasteiger partial charge in [-0.15, -0.1) is 10.2 Å². The first kappa shape index (κ1) is 45.6. The van der Waals surface area contributed by atoms with Crippen molar-refractivity contribution in [3.05, 3.63) is 144 Å². The van der Waals surface area contributed by atoms with Crippen LogP contribution < -0.4 is 10.6 Å². The highest BCUT2D eigenvalue weighted by Crippen LogP contribution is 2.43. The number of rotatable bonds is 14. The Labute approximate surface area is 372 Å². The first-order valence-electron chi connectivity index (χ1n) is 19.0.